The van der Waals surface area contributed by atoms with Crippen molar-refractivity contribution in [3.05, 3.63) is 0 Å². The van der Waals surface area contributed by atoms with E-state index in [2.05, 4.69) is 6.92 Å². The van der Waals surface area contributed by atoms with E-state index in [0.717, 1.165) is 19.4 Å². The SMILES string of the molecule is CCCCOCCOCCOCCOCCOCCOCCOC(=O)CC. The summed E-state index contributed by atoms with van der Waals surface area (Å²) in [6.07, 6.45) is 2.63. The van der Waals surface area contributed by atoms with Gasteiger partial charge in [0.05, 0.1) is 72.7 Å². The molecular weight excluding hydrogens is 356 g/mol. The summed E-state index contributed by atoms with van der Waals surface area (Å²) in [6, 6.07) is 0. The largest absolute Gasteiger partial charge is 0.463 e. The number of rotatable bonds is 22. The Morgan fingerprint density at radius 1 is 0.519 bits per heavy atom. The van der Waals surface area contributed by atoms with Crippen molar-refractivity contribution in [2.45, 2.75) is 33.1 Å². The molecule has 0 spiro atoms. The summed E-state index contributed by atoms with van der Waals surface area (Å²) in [5, 5.41) is 0. The summed E-state index contributed by atoms with van der Waals surface area (Å²) >= 11 is 0. The second kappa shape index (κ2) is 23.3. The van der Waals surface area contributed by atoms with Crippen LogP contribution in [0.1, 0.15) is 33.1 Å². The minimum Gasteiger partial charge on any atom is -0.463 e. The molecule has 0 bridgehead atoms. The third kappa shape index (κ3) is 23.2. The number of carbonyl (C=O) groups excluding carboxylic acids is 1. The summed E-state index contributed by atoms with van der Waals surface area (Å²) in [5.41, 5.74) is 0. The lowest BCUT2D eigenvalue weighted by Crippen LogP contribution is -2.15. The number of carbonyl (C=O) groups is 1. The van der Waals surface area contributed by atoms with E-state index in [4.69, 9.17) is 33.2 Å². The van der Waals surface area contributed by atoms with E-state index in [-0.39, 0.29) is 12.6 Å². The number of hydrogen-bond acceptors (Lipinski definition) is 8. The first-order valence-corrected chi connectivity index (χ1v) is 9.93. The molecule has 0 radical (unpaired) electrons. The number of ether oxygens (including phenoxy) is 7. The molecule has 0 aromatic carbocycles. The van der Waals surface area contributed by atoms with Gasteiger partial charge in [-0.2, -0.15) is 0 Å². The first kappa shape index (κ1) is 26.2. The van der Waals surface area contributed by atoms with Crippen LogP contribution in [0.5, 0.6) is 0 Å². The average molecular weight is 395 g/mol. The van der Waals surface area contributed by atoms with E-state index in [1.807, 2.05) is 0 Å². The average Bonchev–Trinajstić information content (AvgIpc) is 2.68. The second-order valence-electron chi connectivity index (χ2n) is 5.60. The van der Waals surface area contributed by atoms with Gasteiger partial charge in [-0.1, -0.05) is 20.3 Å². The molecule has 0 saturated carbocycles. The highest BCUT2D eigenvalue weighted by atomic mass is 16.6. The molecule has 8 heteroatoms. The quantitative estimate of drug-likeness (QED) is 0.203. The van der Waals surface area contributed by atoms with Crippen molar-refractivity contribution >= 4 is 5.97 Å². The van der Waals surface area contributed by atoms with Crippen molar-refractivity contribution in [1.29, 1.82) is 0 Å². The van der Waals surface area contributed by atoms with Gasteiger partial charge in [-0.25, -0.2) is 0 Å². The fraction of sp³-hybridized carbons (Fsp3) is 0.947. The predicted molar refractivity (Wildman–Crippen MR) is 101 cm³/mol. The van der Waals surface area contributed by atoms with Crippen LogP contribution in [-0.2, 0) is 38.0 Å². The monoisotopic (exact) mass is 394 g/mol. The van der Waals surface area contributed by atoms with E-state index in [1.54, 1.807) is 6.92 Å². The smallest absolute Gasteiger partial charge is 0.305 e. The molecule has 0 heterocycles. The van der Waals surface area contributed by atoms with E-state index in [1.165, 1.54) is 0 Å². The maximum Gasteiger partial charge on any atom is 0.305 e. The fourth-order valence-corrected chi connectivity index (χ4v) is 1.76. The number of hydrogen-bond donors (Lipinski definition) is 0. The zero-order valence-electron chi connectivity index (χ0n) is 17.1. The lowest BCUT2D eigenvalue weighted by atomic mass is 10.4. The van der Waals surface area contributed by atoms with Gasteiger partial charge in [0.15, 0.2) is 0 Å². The van der Waals surface area contributed by atoms with Gasteiger partial charge in [-0.3, -0.25) is 4.79 Å². The standard InChI is InChI=1S/C19H38O8/c1-3-5-6-21-7-8-22-9-10-23-11-12-24-13-14-25-15-16-26-17-18-27-19(20)4-2/h3-18H2,1-2H3. The van der Waals surface area contributed by atoms with Crippen LogP contribution in [0.4, 0.5) is 0 Å². The van der Waals surface area contributed by atoms with Crippen LogP contribution in [0.15, 0.2) is 0 Å². The Morgan fingerprint density at radius 2 is 0.852 bits per heavy atom. The molecule has 0 aromatic heterocycles. The van der Waals surface area contributed by atoms with Crippen molar-refractivity contribution < 1.29 is 38.0 Å². The molecule has 0 fully saturated rings. The molecule has 0 atom stereocenters. The maximum absolute atomic E-state index is 10.9. The summed E-state index contributed by atoms with van der Waals surface area (Å²) in [5.74, 6) is -0.212. The molecule has 0 saturated heterocycles. The van der Waals surface area contributed by atoms with Gasteiger partial charge in [-0.05, 0) is 6.42 Å². The molecule has 0 aromatic rings. The van der Waals surface area contributed by atoms with Gasteiger partial charge in [0.2, 0.25) is 0 Å². The lowest BCUT2D eigenvalue weighted by Gasteiger charge is -2.08. The minimum absolute atomic E-state index is 0.212. The van der Waals surface area contributed by atoms with Crippen LogP contribution >= 0.6 is 0 Å². The molecular formula is C19H38O8. The van der Waals surface area contributed by atoms with Gasteiger partial charge in [-0.15, -0.1) is 0 Å². The minimum atomic E-state index is -0.212. The van der Waals surface area contributed by atoms with Crippen molar-refractivity contribution in [2.75, 3.05) is 85.9 Å². The lowest BCUT2D eigenvalue weighted by molar-refractivity contribution is -0.144. The summed E-state index contributed by atoms with van der Waals surface area (Å²) in [7, 11) is 0. The molecule has 0 amide bonds. The van der Waals surface area contributed by atoms with Crippen molar-refractivity contribution in [1.82, 2.24) is 0 Å². The van der Waals surface area contributed by atoms with E-state index in [0.29, 0.717) is 79.1 Å². The number of unbranched alkanes of at least 4 members (excludes halogenated alkanes) is 1. The topological polar surface area (TPSA) is 81.7 Å². The van der Waals surface area contributed by atoms with Gasteiger partial charge in [0, 0.05) is 13.0 Å². The Hall–Kier alpha value is -0.770. The van der Waals surface area contributed by atoms with Crippen molar-refractivity contribution in [3.63, 3.8) is 0 Å². The van der Waals surface area contributed by atoms with E-state index in [9.17, 15) is 4.79 Å². The Bertz CT molecular complexity index is 301. The Kier molecular flexibility index (Phi) is 22.6. The van der Waals surface area contributed by atoms with Gasteiger partial charge < -0.3 is 33.2 Å². The summed E-state index contributed by atoms with van der Waals surface area (Å²) in [4.78, 5) is 10.9. The van der Waals surface area contributed by atoms with Crippen LogP contribution < -0.4 is 0 Å². The fourth-order valence-electron chi connectivity index (χ4n) is 1.76. The van der Waals surface area contributed by atoms with Crippen molar-refractivity contribution in [3.8, 4) is 0 Å². The molecule has 0 aliphatic heterocycles. The Balaban J connectivity index is 3.00. The van der Waals surface area contributed by atoms with Crippen LogP contribution in [0.25, 0.3) is 0 Å². The molecule has 162 valence electrons. The first-order valence-electron chi connectivity index (χ1n) is 9.93. The van der Waals surface area contributed by atoms with Crippen LogP contribution in [-0.4, -0.2) is 91.9 Å². The normalized spacial score (nSPS) is 11.0. The predicted octanol–water partition coefficient (Wildman–Crippen LogP) is 1.84. The van der Waals surface area contributed by atoms with Crippen LogP contribution in [0, 0.1) is 0 Å². The first-order chi connectivity index (χ1) is 13.3. The van der Waals surface area contributed by atoms with Crippen molar-refractivity contribution in [2.24, 2.45) is 0 Å². The molecule has 0 aliphatic carbocycles. The molecule has 27 heavy (non-hydrogen) atoms. The molecule has 0 aliphatic rings. The van der Waals surface area contributed by atoms with Gasteiger partial charge in [0.1, 0.15) is 6.61 Å². The highest BCUT2D eigenvalue weighted by molar-refractivity contribution is 5.68. The zero-order valence-corrected chi connectivity index (χ0v) is 17.1. The molecule has 8 nitrogen and oxygen atoms in total. The zero-order chi connectivity index (χ0) is 19.8. The second-order valence-corrected chi connectivity index (χ2v) is 5.60. The highest BCUT2D eigenvalue weighted by Crippen LogP contribution is 1.89. The Labute approximate surface area is 163 Å². The number of esters is 1. The molecule has 0 unspecified atom stereocenters. The van der Waals surface area contributed by atoms with E-state index < -0.39 is 0 Å². The summed E-state index contributed by atoms with van der Waals surface area (Å²) in [6.45, 7) is 10.8. The molecule has 0 N–H and O–H groups in total. The summed E-state index contributed by atoms with van der Waals surface area (Å²) < 4.78 is 37.1. The highest BCUT2D eigenvalue weighted by Gasteiger charge is 1.97. The molecule has 0 rings (SSSR count). The van der Waals surface area contributed by atoms with E-state index >= 15 is 0 Å². The van der Waals surface area contributed by atoms with Crippen LogP contribution in [0.2, 0.25) is 0 Å². The third-order valence-corrected chi connectivity index (χ3v) is 3.28. The third-order valence-electron chi connectivity index (χ3n) is 3.28. The van der Waals surface area contributed by atoms with Crippen LogP contribution in [0.3, 0.4) is 0 Å². The van der Waals surface area contributed by atoms with Gasteiger partial charge in [0.25, 0.3) is 0 Å². The maximum atomic E-state index is 10.9. The Morgan fingerprint density at radius 3 is 1.19 bits per heavy atom. The van der Waals surface area contributed by atoms with Gasteiger partial charge >= 0.3 is 5.97 Å².